The monoisotopic (exact) mass is 452 g/mol. The average molecular weight is 452 g/mol. The maximum absolute atomic E-state index is 14.2. The highest BCUT2D eigenvalue weighted by atomic mass is 19.1. The molecule has 3 aliphatic carbocycles. The van der Waals surface area contributed by atoms with Crippen LogP contribution in [0.15, 0.2) is 24.5 Å². The highest BCUT2D eigenvalue weighted by molar-refractivity contribution is 5.96. The summed E-state index contributed by atoms with van der Waals surface area (Å²) in [5, 5.41) is 18.7. The number of carbonyl (C=O) groups is 1. The second-order valence-electron chi connectivity index (χ2n) is 9.12. The van der Waals surface area contributed by atoms with Crippen LogP contribution in [0.5, 0.6) is 0 Å². The van der Waals surface area contributed by atoms with E-state index in [1.165, 1.54) is 6.07 Å². The zero-order chi connectivity index (χ0) is 22.9. The predicted octanol–water partition coefficient (Wildman–Crippen LogP) is 4.09. The van der Waals surface area contributed by atoms with E-state index in [-0.39, 0.29) is 29.2 Å². The molecule has 10 heteroatoms. The molecule has 3 aliphatic rings. The van der Waals surface area contributed by atoms with Crippen molar-refractivity contribution in [3.05, 3.63) is 36.2 Å². The van der Waals surface area contributed by atoms with Crippen LogP contribution in [-0.4, -0.2) is 41.9 Å². The normalized spacial score (nSPS) is 24.6. The number of hydrogen-bond acceptors (Lipinski definition) is 5. The van der Waals surface area contributed by atoms with Crippen LogP contribution in [-0.2, 0) is 11.8 Å². The van der Waals surface area contributed by atoms with Crippen molar-refractivity contribution >= 4 is 33.7 Å². The summed E-state index contributed by atoms with van der Waals surface area (Å²) in [6, 6.07) is 1.82. The van der Waals surface area contributed by atoms with Crippen LogP contribution in [0.25, 0.3) is 33.3 Å². The molecule has 0 unspecified atom stereocenters. The second-order valence-corrected chi connectivity index (χ2v) is 9.12. The molecule has 7 rings (SSSR count). The number of H-pyrrole nitrogens is 1. The molecular weight excluding hydrogens is 430 g/mol. The number of aliphatic carboxylic acids is 1. The summed E-state index contributed by atoms with van der Waals surface area (Å²) in [7, 11) is 1.75. The molecule has 3 saturated carbocycles. The summed E-state index contributed by atoms with van der Waals surface area (Å²) in [6.45, 7) is 0. The molecule has 3 heterocycles. The molecule has 1 aromatic carbocycles. The molecular formula is C23H22F2N6O2. The van der Waals surface area contributed by atoms with E-state index in [1.54, 1.807) is 24.1 Å². The Morgan fingerprint density at radius 1 is 1.15 bits per heavy atom. The molecule has 0 radical (unpaired) electrons. The number of aromatic nitrogens is 5. The van der Waals surface area contributed by atoms with Gasteiger partial charge in [-0.15, -0.1) is 0 Å². The Balaban J connectivity index is 1.49. The summed E-state index contributed by atoms with van der Waals surface area (Å²) < 4.78 is 29.8. The minimum atomic E-state index is -0.791. The van der Waals surface area contributed by atoms with Gasteiger partial charge in [-0.05, 0) is 43.6 Å². The lowest BCUT2D eigenvalue weighted by atomic mass is 9.61. The minimum absolute atomic E-state index is 0.148. The van der Waals surface area contributed by atoms with E-state index in [0.29, 0.717) is 27.8 Å². The number of halogens is 2. The van der Waals surface area contributed by atoms with Gasteiger partial charge in [0, 0.05) is 36.3 Å². The Hall–Kier alpha value is -3.56. The number of carboxylic acid groups (broad SMARTS) is 1. The van der Waals surface area contributed by atoms with Gasteiger partial charge in [0.1, 0.15) is 17.5 Å². The van der Waals surface area contributed by atoms with Crippen LogP contribution in [0.2, 0.25) is 0 Å². The summed E-state index contributed by atoms with van der Waals surface area (Å²) >= 11 is 0. The SMILES string of the molecule is Cn1ncc2c(N[C@H]3C4CCC(CC4)[C@@H]3C(=O)O)nc(-c3c[nH]c4c(F)cc(F)cc34)nc21. The van der Waals surface area contributed by atoms with Crippen molar-refractivity contribution < 1.29 is 18.7 Å². The van der Waals surface area contributed by atoms with Gasteiger partial charge in [-0.25, -0.2) is 18.7 Å². The second kappa shape index (κ2) is 7.23. The zero-order valence-corrected chi connectivity index (χ0v) is 17.8. The number of rotatable bonds is 4. The summed E-state index contributed by atoms with van der Waals surface area (Å²) in [6.07, 6.45) is 7.04. The lowest BCUT2D eigenvalue weighted by Crippen LogP contribution is -2.51. The van der Waals surface area contributed by atoms with Crippen LogP contribution in [0.3, 0.4) is 0 Å². The maximum Gasteiger partial charge on any atom is 0.308 e. The summed E-state index contributed by atoms with van der Waals surface area (Å²) in [5.41, 5.74) is 1.17. The quantitative estimate of drug-likeness (QED) is 0.430. The molecule has 3 aromatic heterocycles. The van der Waals surface area contributed by atoms with Crippen molar-refractivity contribution in [3.63, 3.8) is 0 Å². The molecule has 3 N–H and O–H groups in total. The van der Waals surface area contributed by atoms with Crippen molar-refractivity contribution in [3.8, 4) is 11.4 Å². The molecule has 2 bridgehead atoms. The van der Waals surface area contributed by atoms with E-state index >= 15 is 0 Å². The van der Waals surface area contributed by atoms with Crippen LogP contribution in [0, 0.1) is 29.4 Å². The average Bonchev–Trinajstić information content (AvgIpc) is 3.38. The number of fused-ring (bicyclic) bond motifs is 5. The molecule has 33 heavy (non-hydrogen) atoms. The number of anilines is 1. The minimum Gasteiger partial charge on any atom is -0.481 e. The van der Waals surface area contributed by atoms with E-state index < -0.39 is 23.5 Å². The molecule has 0 saturated heterocycles. The largest absolute Gasteiger partial charge is 0.481 e. The van der Waals surface area contributed by atoms with Crippen molar-refractivity contribution in [2.75, 3.05) is 5.32 Å². The fraction of sp³-hybridized carbons (Fsp3) is 0.391. The molecule has 2 atom stereocenters. The van der Waals surface area contributed by atoms with E-state index in [9.17, 15) is 18.7 Å². The standard InChI is InChI=1S/C23H22F2N6O2/c1-31-22-15(9-27-31)21(28-18-11-4-2-10(3-5-11)17(18)23(32)33)29-20(30-22)14-8-26-19-13(14)6-12(24)7-16(19)25/h6-11,17-18,26H,2-5H2,1H3,(H,32,33)(H,28,29,30)/t10?,11?,17-,18-/m0/s1. The van der Waals surface area contributed by atoms with Gasteiger partial charge < -0.3 is 15.4 Å². The number of aryl methyl sites for hydroxylation is 1. The van der Waals surface area contributed by atoms with Crippen LogP contribution >= 0.6 is 0 Å². The summed E-state index contributed by atoms with van der Waals surface area (Å²) in [4.78, 5) is 24.3. The highest BCUT2D eigenvalue weighted by Crippen LogP contribution is 2.46. The van der Waals surface area contributed by atoms with E-state index in [4.69, 9.17) is 4.98 Å². The Morgan fingerprint density at radius 2 is 1.91 bits per heavy atom. The van der Waals surface area contributed by atoms with E-state index in [2.05, 4.69) is 20.4 Å². The van der Waals surface area contributed by atoms with Gasteiger partial charge in [-0.2, -0.15) is 5.10 Å². The molecule has 4 aromatic rings. The van der Waals surface area contributed by atoms with Crippen molar-refractivity contribution in [1.29, 1.82) is 0 Å². The fourth-order valence-electron chi connectivity index (χ4n) is 5.76. The summed E-state index contributed by atoms with van der Waals surface area (Å²) in [5.74, 6) is -1.51. The molecule has 0 amide bonds. The van der Waals surface area contributed by atoms with Crippen molar-refractivity contribution in [1.82, 2.24) is 24.7 Å². The Bertz CT molecular complexity index is 1410. The Labute approximate surface area is 187 Å². The van der Waals surface area contributed by atoms with Crippen LogP contribution in [0.4, 0.5) is 14.6 Å². The first-order valence-corrected chi connectivity index (χ1v) is 11.1. The molecule has 0 aliphatic heterocycles. The number of benzene rings is 1. The predicted molar refractivity (Wildman–Crippen MR) is 117 cm³/mol. The topological polar surface area (TPSA) is 109 Å². The molecule has 3 fully saturated rings. The zero-order valence-electron chi connectivity index (χ0n) is 17.8. The first kappa shape index (κ1) is 20.1. The van der Waals surface area contributed by atoms with Gasteiger partial charge in [-0.1, -0.05) is 0 Å². The van der Waals surface area contributed by atoms with Gasteiger partial charge in [0.25, 0.3) is 0 Å². The molecule has 0 spiro atoms. The number of nitrogens with one attached hydrogen (secondary N) is 2. The van der Waals surface area contributed by atoms with Gasteiger partial charge in [-0.3, -0.25) is 9.48 Å². The first-order valence-electron chi connectivity index (χ1n) is 11.1. The van der Waals surface area contributed by atoms with Crippen molar-refractivity contribution in [2.24, 2.45) is 24.8 Å². The number of nitrogens with zero attached hydrogens (tertiary/aromatic N) is 4. The van der Waals surface area contributed by atoms with Crippen LogP contribution < -0.4 is 5.32 Å². The Kier molecular flexibility index (Phi) is 4.40. The third-order valence-electron chi connectivity index (χ3n) is 7.35. The third kappa shape index (κ3) is 3.07. The Morgan fingerprint density at radius 3 is 2.67 bits per heavy atom. The van der Waals surface area contributed by atoms with Crippen molar-refractivity contribution in [2.45, 2.75) is 31.7 Å². The fourth-order valence-corrected chi connectivity index (χ4v) is 5.76. The molecule has 170 valence electrons. The lowest BCUT2D eigenvalue weighted by Gasteiger charge is -2.47. The van der Waals surface area contributed by atoms with Gasteiger partial charge in [0.2, 0.25) is 0 Å². The third-order valence-corrected chi connectivity index (χ3v) is 7.35. The van der Waals surface area contributed by atoms with E-state index in [0.717, 1.165) is 31.7 Å². The van der Waals surface area contributed by atoms with Crippen LogP contribution in [0.1, 0.15) is 25.7 Å². The highest BCUT2D eigenvalue weighted by Gasteiger charge is 2.47. The number of aromatic amines is 1. The maximum atomic E-state index is 14.2. The first-order chi connectivity index (χ1) is 15.9. The number of hydrogen-bond donors (Lipinski definition) is 3. The van der Waals surface area contributed by atoms with Gasteiger partial charge in [0.05, 0.1) is 23.0 Å². The van der Waals surface area contributed by atoms with E-state index in [1.807, 2.05) is 0 Å². The van der Waals surface area contributed by atoms with Gasteiger partial charge >= 0.3 is 5.97 Å². The van der Waals surface area contributed by atoms with Gasteiger partial charge in [0.15, 0.2) is 11.5 Å². The number of carboxylic acids is 1. The lowest BCUT2D eigenvalue weighted by molar-refractivity contribution is -0.148. The smallest absolute Gasteiger partial charge is 0.308 e. The molecule has 8 nitrogen and oxygen atoms in total.